The van der Waals surface area contributed by atoms with Gasteiger partial charge >= 0.3 is 0 Å². The highest BCUT2D eigenvalue weighted by Crippen LogP contribution is 2.22. The zero-order valence-electron chi connectivity index (χ0n) is 8.89. The number of carbonyl (C=O) groups is 2. The number of carbonyl (C=O) groups excluding carboxylic acids is 2. The van der Waals surface area contributed by atoms with E-state index in [1.807, 2.05) is 0 Å². The molecular formula is C9H12ClN5O2. The second-order valence-corrected chi connectivity index (χ2v) is 3.72. The van der Waals surface area contributed by atoms with Crippen molar-refractivity contribution in [3.63, 3.8) is 0 Å². The van der Waals surface area contributed by atoms with Gasteiger partial charge in [-0.05, 0) is 12.1 Å². The molecule has 92 valence electrons. The number of hydrogen-bond donors (Lipinski definition) is 3. The fourth-order valence-corrected chi connectivity index (χ4v) is 1.41. The molecule has 0 atom stereocenters. The molecule has 1 aromatic rings. The molecule has 0 bridgehead atoms. The van der Waals surface area contributed by atoms with Crippen molar-refractivity contribution in [3.8, 4) is 0 Å². The van der Waals surface area contributed by atoms with Crippen LogP contribution in [0.5, 0.6) is 0 Å². The third-order valence-electron chi connectivity index (χ3n) is 1.86. The lowest BCUT2D eigenvalue weighted by Gasteiger charge is -2.21. The van der Waals surface area contributed by atoms with Crippen LogP contribution in [0.1, 0.15) is 0 Å². The Morgan fingerprint density at radius 1 is 1.24 bits per heavy atom. The monoisotopic (exact) mass is 257 g/mol. The number of aromatic nitrogens is 1. The first-order valence-electron chi connectivity index (χ1n) is 4.63. The van der Waals surface area contributed by atoms with Gasteiger partial charge in [0.25, 0.3) is 0 Å². The molecule has 0 aliphatic heterocycles. The van der Waals surface area contributed by atoms with Gasteiger partial charge in [0.2, 0.25) is 11.8 Å². The molecule has 8 heteroatoms. The quantitative estimate of drug-likeness (QED) is 0.589. The normalized spacial score (nSPS) is 9.94. The Balaban J connectivity index is 3.06. The van der Waals surface area contributed by atoms with Crippen LogP contribution in [0.2, 0.25) is 5.15 Å². The summed E-state index contributed by atoms with van der Waals surface area (Å²) in [5, 5.41) is 0.188. The summed E-state index contributed by atoms with van der Waals surface area (Å²) in [5.74, 6) is -1.06. The van der Waals surface area contributed by atoms with E-state index < -0.39 is 11.8 Å². The standard InChI is InChI=1S/C9H12ClN5O2/c10-6-2-1-5(11)9(14-6)15(3-7(12)16)4-8(13)17/h1-2H,3-4,11H2,(H2,12,16)(H2,13,17). The van der Waals surface area contributed by atoms with Gasteiger partial charge in [0, 0.05) is 0 Å². The highest BCUT2D eigenvalue weighted by molar-refractivity contribution is 6.29. The van der Waals surface area contributed by atoms with Crippen LogP contribution >= 0.6 is 11.6 Å². The molecule has 0 aliphatic rings. The molecule has 0 unspecified atom stereocenters. The Labute approximate surface area is 103 Å². The third kappa shape index (κ3) is 3.80. The largest absolute Gasteiger partial charge is 0.396 e. The van der Waals surface area contributed by atoms with E-state index in [9.17, 15) is 9.59 Å². The van der Waals surface area contributed by atoms with Crippen molar-refractivity contribution in [1.82, 2.24) is 4.98 Å². The predicted octanol–water partition coefficient (Wildman–Crippen LogP) is -0.906. The lowest BCUT2D eigenvalue weighted by atomic mass is 10.3. The lowest BCUT2D eigenvalue weighted by Crippen LogP contribution is -2.40. The predicted molar refractivity (Wildman–Crippen MR) is 64.3 cm³/mol. The lowest BCUT2D eigenvalue weighted by molar-refractivity contribution is -0.117. The molecule has 1 aromatic heterocycles. The average Bonchev–Trinajstić information content (AvgIpc) is 2.19. The topological polar surface area (TPSA) is 128 Å². The Kier molecular flexibility index (Phi) is 4.11. The fraction of sp³-hybridized carbons (Fsp3) is 0.222. The van der Waals surface area contributed by atoms with Crippen molar-refractivity contribution < 1.29 is 9.59 Å². The minimum atomic E-state index is -0.632. The van der Waals surface area contributed by atoms with E-state index in [0.29, 0.717) is 0 Å². The Morgan fingerprint density at radius 2 is 1.76 bits per heavy atom. The molecule has 1 rings (SSSR count). The molecule has 0 spiro atoms. The van der Waals surface area contributed by atoms with Gasteiger partial charge in [0.1, 0.15) is 5.15 Å². The van der Waals surface area contributed by atoms with Crippen LogP contribution in [0.25, 0.3) is 0 Å². The van der Waals surface area contributed by atoms with Gasteiger partial charge in [-0.1, -0.05) is 11.6 Å². The highest BCUT2D eigenvalue weighted by atomic mass is 35.5. The summed E-state index contributed by atoms with van der Waals surface area (Å²) >= 11 is 5.71. The average molecular weight is 258 g/mol. The van der Waals surface area contributed by atoms with E-state index in [1.54, 1.807) is 0 Å². The van der Waals surface area contributed by atoms with Crippen molar-refractivity contribution in [3.05, 3.63) is 17.3 Å². The minimum absolute atomic E-state index is 0.188. The first-order chi connectivity index (χ1) is 7.90. The molecule has 0 aliphatic carbocycles. The summed E-state index contributed by atoms with van der Waals surface area (Å²) < 4.78 is 0. The maximum absolute atomic E-state index is 10.9. The second kappa shape index (κ2) is 5.35. The second-order valence-electron chi connectivity index (χ2n) is 3.34. The number of nitrogens with zero attached hydrogens (tertiary/aromatic N) is 2. The number of hydrogen-bond acceptors (Lipinski definition) is 5. The van der Waals surface area contributed by atoms with Crippen molar-refractivity contribution in [2.45, 2.75) is 0 Å². The number of amides is 2. The van der Waals surface area contributed by atoms with Crippen LogP contribution in [0, 0.1) is 0 Å². The van der Waals surface area contributed by atoms with E-state index in [1.165, 1.54) is 17.0 Å². The van der Waals surface area contributed by atoms with Gasteiger partial charge in [0.15, 0.2) is 5.82 Å². The first-order valence-corrected chi connectivity index (χ1v) is 5.01. The molecule has 6 N–H and O–H groups in total. The van der Waals surface area contributed by atoms with Crippen LogP contribution in [-0.4, -0.2) is 29.9 Å². The third-order valence-corrected chi connectivity index (χ3v) is 2.07. The van der Waals surface area contributed by atoms with Crippen molar-refractivity contribution in [2.75, 3.05) is 23.7 Å². The fourth-order valence-electron chi connectivity index (χ4n) is 1.27. The van der Waals surface area contributed by atoms with Crippen LogP contribution < -0.4 is 22.1 Å². The zero-order valence-corrected chi connectivity index (χ0v) is 9.65. The van der Waals surface area contributed by atoms with Gasteiger partial charge in [-0.25, -0.2) is 4.98 Å². The number of pyridine rings is 1. The number of rotatable bonds is 5. The molecule has 0 fully saturated rings. The summed E-state index contributed by atoms with van der Waals surface area (Å²) in [4.78, 5) is 27.0. The summed E-state index contributed by atoms with van der Waals surface area (Å²) in [6, 6.07) is 3.01. The highest BCUT2D eigenvalue weighted by Gasteiger charge is 2.16. The summed E-state index contributed by atoms with van der Waals surface area (Å²) in [6.45, 7) is -0.443. The molecule has 0 saturated heterocycles. The molecule has 2 amide bonds. The van der Waals surface area contributed by atoms with Crippen molar-refractivity contribution in [2.24, 2.45) is 11.5 Å². The van der Waals surface area contributed by atoms with Crippen LogP contribution in [-0.2, 0) is 9.59 Å². The molecule has 0 radical (unpaired) electrons. The SMILES string of the molecule is NC(=O)CN(CC(N)=O)c1nc(Cl)ccc1N. The smallest absolute Gasteiger partial charge is 0.237 e. The maximum Gasteiger partial charge on any atom is 0.237 e. The molecule has 17 heavy (non-hydrogen) atoms. The van der Waals surface area contributed by atoms with Crippen LogP contribution in [0.15, 0.2) is 12.1 Å². The Bertz CT molecular complexity index is 435. The van der Waals surface area contributed by atoms with E-state index in [4.69, 9.17) is 28.8 Å². The van der Waals surface area contributed by atoms with Gasteiger partial charge in [-0.15, -0.1) is 0 Å². The Morgan fingerprint density at radius 3 is 2.24 bits per heavy atom. The zero-order chi connectivity index (χ0) is 13.0. The summed E-state index contributed by atoms with van der Waals surface area (Å²) in [6.07, 6.45) is 0. The molecule has 1 heterocycles. The van der Waals surface area contributed by atoms with Crippen LogP contribution in [0.4, 0.5) is 11.5 Å². The Hall–Kier alpha value is -2.02. The number of nitrogen functional groups attached to an aromatic ring is 1. The van der Waals surface area contributed by atoms with E-state index in [2.05, 4.69) is 4.98 Å². The van der Waals surface area contributed by atoms with Gasteiger partial charge in [0.05, 0.1) is 18.8 Å². The number of anilines is 2. The first kappa shape index (κ1) is 13.0. The van der Waals surface area contributed by atoms with Crippen molar-refractivity contribution >= 4 is 34.9 Å². The van der Waals surface area contributed by atoms with E-state index in [-0.39, 0.29) is 29.7 Å². The summed E-state index contributed by atoms with van der Waals surface area (Å²) in [5.41, 5.74) is 16.1. The maximum atomic E-state index is 10.9. The number of primary amides is 2. The summed E-state index contributed by atoms with van der Waals surface area (Å²) in [7, 11) is 0. The molecule has 0 aromatic carbocycles. The van der Waals surface area contributed by atoms with Gasteiger partial charge in [-0.2, -0.15) is 0 Å². The molecular weight excluding hydrogens is 246 g/mol. The molecule has 7 nitrogen and oxygen atoms in total. The number of halogens is 1. The van der Waals surface area contributed by atoms with Crippen molar-refractivity contribution in [1.29, 1.82) is 0 Å². The van der Waals surface area contributed by atoms with Gasteiger partial charge < -0.3 is 22.1 Å². The van der Waals surface area contributed by atoms with Crippen LogP contribution in [0.3, 0.4) is 0 Å². The van der Waals surface area contributed by atoms with E-state index >= 15 is 0 Å². The molecule has 0 saturated carbocycles. The van der Waals surface area contributed by atoms with Gasteiger partial charge in [-0.3, -0.25) is 9.59 Å². The minimum Gasteiger partial charge on any atom is -0.396 e. The van der Waals surface area contributed by atoms with E-state index in [0.717, 1.165) is 0 Å². The number of nitrogens with two attached hydrogens (primary N) is 3.